The van der Waals surface area contributed by atoms with Crippen molar-refractivity contribution in [2.75, 3.05) is 33.3 Å². The van der Waals surface area contributed by atoms with Crippen LogP contribution in [0, 0.1) is 81.8 Å². The second-order valence-electron chi connectivity index (χ2n) is 30.6. The Kier molecular flexibility index (Phi) is 15.9. The molecule has 4 heterocycles. The van der Waals surface area contributed by atoms with Crippen LogP contribution < -0.4 is 0 Å². The lowest BCUT2D eigenvalue weighted by Crippen LogP contribution is -2.53. The van der Waals surface area contributed by atoms with E-state index in [0.717, 1.165) is 114 Å². The summed E-state index contributed by atoms with van der Waals surface area (Å²) in [6.07, 6.45) is 21.3. The Morgan fingerprint density at radius 3 is 1.49 bits per heavy atom. The second kappa shape index (κ2) is 22.8. The van der Waals surface area contributed by atoms with Crippen molar-refractivity contribution in [2.24, 2.45) is 81.8 Å². The predicted octanol–water partition coefficient (Wildman–Crippen LogP) is 13.2. The number of methoxy groups -OCH3 is 1. The molecule has 4 saturated heterocycles. The van der Waals surface area contributed by atoms with E-state index in [1.807, 2.05) is 66.7 Å². The number of ether oxygens (including phenoxy) is 3. The number of esters is 1. The average molecular weight is 1170 g/mol. The number of rotatable bonds is 8. The molecular weight excluding hydrogens is 1070 g/mol. The van der Waals surface area contributed by atoms with Gasteiger partial charge in [-0.05, 0) is 174 Å². The number of likely N-dealkylation sites (tertiary alicyclic amines) is 2. The Morgan fingerprint density at radius 1 is 0.605 bits per heavy atom. The minimum Gasteiger partial charge on any atom is -0.465 e. The van der Waals surface area contributed by atoms with Crippen LogP contribution in [0.4, 0.5) is 0 Å². The van der Waals surface area contributed by atoms with Gasteiger partial charge in [-0.2, -0.15) is 0 Å². The zero-order chi connectivity index (χ0) is 60.4. The third kappa shape index (κ3) is 10.0. The van der Waals surface area contributed by atoms with E-state index in [4.69, 9.17) is 14.2 Å². The monoisotopic (exact) mass is 1170 g/mol. The maximum atomic E-state index is 13.3. The number of hydrogen-bond acceptors (Lipinski definition) is 11. The second-order valence-corrected chi connectivity index (χ2v) is 30.6. The van der Waals surface area contributed by atoms with Gasteiger partial charge in [-0.1, -0.05) is 137 Å². The van der Waals surface area contributed by atoms with Gasteiger partial charge in [-0.15, -0.1) is 0 Å². The molecule has 12 aliphatic rings. The van der Waals surface area contributed by atoms with Crippen LogP contribution in [0.3, 0.4) is 0 Å². The highest BCUT2D eigenvalue weighted by Gasteiger charge is 2.63. The summed E-state index contributed by atoms with van der Waals surface area (Å²) in [7, 11) is 1.37. The fourth-order valence-corrected chi connectivity index (χ4v) is 22.0. The van der Waals surface area contributed by atoms with Crippen LogP contribution in [-0.2, 0) is 33.4 Å². The summed E-state index contributed by atoms with van der Waals surface area (Å²) in [6.45, 7) is 21.6. The summed E-state index contributed by atoms with van der Waals surface area (Å²) in [5.74, 6) is 5.52. The molecule has 0 amide bonds. The number of ketones is 4. The van der Waals surface area contributed by atoms with Gasteiger partial charge < -0.3 is 14.2 Å². The molecular formula is C75H96N2O9. The number of piperidine rings is 2. The van der Waals surface area contributed by atoms with E-state index in [1.165, 1.54) is 24.7 Å². The molecule has 8 fully saturated rings. The molecule has 0 unspecified atom stereocenters. The van der Waals surface area contributed by atoms with Gasteiger partial charge in [-0.25, -0.2) is 4.79 Å². The lowest BCUT2D eigenvalue weighted by Gasteiger charge is -2.50. The van der Waals surface area contributed by atoms with Gasteiger partial charge in [0.1, 0.15) is 0 Å². The SMILES string of the molecule is CC1=C2C[C@H]3[C@@H](CC[C@@H]4CC(=O)C(C=O)=C[C@@]43C)[C@@H]2CC[C@@]2(C1)O[C@@H]1C[C@H](C)CN(CC(=O)c3ccccc3)[C@H]1[C@H]2C.COC(=O)C1=C[C@@]2(C)[C@H](CC[C@H]3[C@@H]4CC[C@@]5(CC(C)=C4C[C@@H]32)O[C@@H]2C[C@H](C)CN(CC(=O)c3ccccc3)[C@H]2[C@H]5C)CC1=O. The number of hydrogen-bond donors (Lipinski definition) is 0. The molecule has 2 aromatic rings. The highest BCUT2D eigenvalue weighted by molar-refractivity contribution is 6.18. The first-order valence-corrected chi connectivity index (χ1v) is 33.6. The molecule has 86 heavy (non-hydrogen) atoms. The zero-order valence-corrected chi connectivity index (χ0v) is 53.0. The van der Waals surface area contributed by atoms with Gasteiger partial charge in [0.05, 0.1) is 54.8 Å². The zero-order valence-electron chi connectivity index (χ0n) is 53.0. The highest BCUT2D eigenvalue weighted by atomic mass is 16.5. The number of allylic oxidation sites excluding steroid dienone is 5. The molecule has 8 aliphatic carbocycles. The molecule has 0 bridgehead atoms. The summed E-state index contributed by atoms with van der Waals surface area (Å²) < 4.78 is 19.5. The molecule has 0 radical (unpaired) electrons. The Morgan fingerprint density at radius 2 is 1.05 bits per heavy atom. The molecule has 11 nitrogen and oxygen atoms in total. The van der Waals surface area contributed by atoms with Crippen LogP contribution in [0.1, 0.15) is 179 Å². The smallest absolute Gasteiger partial charge is 0.341 e. The fraction of sp³-hybridized carbons (Fsp3) is 0.653. The number of benzene rings is 2. The van der Waals surface area contributed by atoms with Crippen molar-refractivity contribution in [3.05, 3.63) is 117 Å². The van der Waals surface area contributed by atoms with E-state index in [9.17, 15) is 28.8 Å². The van der Waals surface area contributed by atoms with E-state index >= 15 is 0 Å². The van der Waals surface area contributed by atoms with Crippen molar-refractivity contribution >= 4 is 35.4 Å². The number of Topliss-reactive ketones (excluding diaryl/α,β-unsaturated/α-hetero) is 4. The van der Waals surface area contributed by atoms with Crippen molar-refractivity contribution in [3.8, 4) is 0 Å². The van der Waals surface area contributed by atoms with E-state index in [-0.39, 0.29) is 75.0 Å². The van der Waals surface area contributed by atoms with Crippen LogP contribution in [0.15, 0.2) is 106 Å². The molecule has 14 rings (SSSR count). The standard InChI is InChI=1S/C38H49NO5.C37H47NO4/c1-22-15-34-35(39(20-22)21-33(41)25-9-7-6-8-10-25)24(3)38(44-34)14-13-27-28-12-11-26-16-32(40)30(36(42)43-5)19-37(26,4)31(28)17-29(27)23(2)18-38;1-22-14-34-35(38(19-22)20-33(41)25-8-6-5-7-9-25)24(3)37(42-34)13-12-28-29-11-10-27-15-32(40)26(21-39)18-36(27,4)31(29)16-30(28)23(2)17-37/h6-10,19,22,24,26-28,31,34-35H,11-18,20-21H2,1-5H3;5-9,18,21-22,24,27-29,31,34-35H,10-17,19-20H2,1-4H3/t22-,24+,26+,27-,28-,31-,34+,35-,37-,38-;22-,24+,27+,28-,29-,31-,34+,35-,36-,37-/m00/s1. The number of carbonyl (C=O) groups is 6. The molecule has 11 heteroatoms. The predicted molar refractivity (Wildman–Crippen MR) is 332 cm³/mol. The third-order valence-corrected chi connectivity index (χ3v) is 26.1. The molecule has 20 atom stereocenters. The van der Waals surface area contributed by atoms with Gasteiger partial charge in [0.25, 0.3) is 0 Å². The van der Waals surface area contributed by atoms with E-state index in [1.54, 1.807) is 11.1 Å². The van der Waals surface area contributed by atoms with Crippen molar-refractivity contribution in [1.82, 2.24) is 9.80 Å². The Balaban J connectivity index is 0.000000160. The first kappa shape index (κ1) is 60.0. The van der Waals surface area contributed by atoms with Crippen molar-refractivity contribution in [1.29, 1.82) is 0 Å². The van der Waals surface area contributed by atoms with Crippen LogP contribution in [0.2, 0.25) is 0 Å². The van der Waals surface area contributed by atoms with Crippen molar-refractivity contribution in [3.63, 3.8) is 0 Å². The summed E-state index contributed by atoms with van der Waals surface area (Å²) >= 11 is 0. The Hall–Kier alpha value is -4.94. The maximum absolute atomic E-state index is 13.3. The summed E-state index contributed by atoms with van der Waals surface area (Å²) in [5, 5.41) is 0. The fourth-order valence-electron chi connectivity index (χ4n) is 22.0. The molecule has 4 saturated carbocycles. The number of nitrogens with zero attached hydrogens (tertiary/aromatic N) is 2. The molecule has 2 spiro atoms. The first-order valence-electron chi connectivity index (χ1n) is 33.6. The largest absolute Gasteiger partial charge is 0.465 e. The first-order chi connectivity index (χ1) is 41.2. The van der Waals surface area contributed by atoms with E-state index in [2.05, 4.69) is 71.3 Å². The minimum atomic E-state index is -0.482. The van der Waals surface area contributed by atoms with Crippen LogP contribution in [-0.4, -0.2) is 114 Å². The molecule has 460 valence electrons. The molecule has 4 aliphatic heterocycles. The lowest BCUT2D eigenvalue weighted by molar-refractivity contribution is -0.139. The van der Waals surface area contributed by atoms with Gasteiger partial charge in [0, 0.05) is 61.0 Å². The third-order valence-electron chi connectivity index (χ3n) is 26.1. The Bertz CT molecular complexity index is 3180. The topological polar surface area (TPSA) is 137 Å². The van der Waals surface area contributed by atoms with Crippen LogP contribution in [0.25, 0.3) is 0 Å². The number of carbonyl (C=O) groups excluding carboxylic acids is 6. The average Bonchev–Trinajstić information content (AvgIpc) is 1.59. The number of fused-ring (bicyclic) bond motifs is 12. The van der Waals surface area contributed by atoms with Gasteiger partial charge >= 0.3 is 5.97 Å². The Labute approximate surface area is 511 Å². The number of aldehydes is 1. The normalized spacial score (nSPS) is 42.5. The van der Waals surface area contributed by atoms with E-state index < -0.39 is 5.97 Å². The minimum absolute atomic E-state index is 0.0399. The van der Waals surface area contributed by atoms with Gasteiger partial charge in [-0.3, -0.25) is 33.8 Å². The molecule has 2 aromatic carbocycles. The van der Waals surface area contributed by atoms with Gasteiger partial charge in [0.15, 0.2) is 29.4 Å². The molecule has 0 N–H and O–H groups in total. The molecule has 0 aromatic heterocycles. The lowest BCUT2D eigenvalue weighted by atomic mass is 9.53. The van der Waals surface area contributed by atoms with Crippen LogP contribution in [0.5, 0.6) is 0 Å². The highest BCUT2D eigenvalue weighted by Crippen LogP contribution is 2.67. The summed E-state index contributed by atoms with van der Waals surface area (Å²) in [6, 6.07) is 20.0. The van der Waals surface area contributed by atoms with Crippen molar-refractivity contribution < 1.29 is 43.0 Å². The summed E-state index contributed by atoms with van der Waals surface area (Å²) in [5.41, 5.74) is 7.95. The quantitative estimate of drug-likeness (QED) is 0.0821. The summed E-state index contributed by atoms with van der Waals surface area (Å²) in [4.78, 5) is 81.3. The van der Waals surface area contributed by atoms with Crippen molar-refractivity contribution in [2.45, 2.75) is 194 Å². The van der Waals surface area contributed by atoms with Gasteiger partial charge in [0.2, 0.25) is 0 Å². The van der Waals surface area contributed by atoms with E-state index in [0.29, 0.717) is 103 Å². The maximum Gasteiger partial charge on any atom is 0.341 e. The van der Waals surface area contributed by atoms with Crippen LogP contribution >= 0.6 is 0 Å².